The van der Waals surface area contributed by atoms with E-state index in [-0.39, 0.29) is 26.1 Å². The van der Waals surface area contributed by atoms with Crippen molar-refractivity contribution in [1.82, 2.24) is 0 Å². The smallest absolute Gasteiger partial charge is 0.306 e. The number of quaternary nitrogens is 1. The van der Waals surface area contributed by atoms with Gasteiger partial charge in [0.2, 0.25) is 0 Å². The van der Waals surface area contributed by atoms with Crippen LogP contribution in [0.15, 0.2) is 48.6 Å². The van der Waals surface area contributed by atoms with Crippen LogP contribution in [0.1, 0.15) is 232 Å². The lowest BCUT2D eigenvalue weighted by Crippen LogP contribution is -2.37. The van der Waals surface area contributed by atoms with E-state index in [1.807, 2.05) is 21.1 Å². The molecule has 2 atom stereocenters. The van der Waals surface area contributed by atoms with Gasteiger partial charge >= 0.3 is 11.9 Å². The van der Waals surface area contributed by atoms with Crippen LogP contribution < -0.4 is 4.89 Å². The summed E-state index contributed by atoms with van der Waals surface area (Å²) in [5.41, 5.74) is 0. The minimum atomic E-state index is -4.64. The Bertz CT molecular complexity index is 1230. The molecule has 0 aromatic rings. The van der Waals surface area contributed by atoms with Gasteiger partial charge < -0.3 is 27.9 Å². The fourth-order valence-corrected chi connectivity index (χ4v) is 7.92. The number of carbonyl (C=O) groups is 2. The van der Waals surface area contributed by atoms with Gasteiger partial charge in [0.25, 0.3) is 7.82 Å². The normalized spacial score (nSPS) is 13.8. The maximum absolute atomic E-state index is 12.7. The first-order valence-electron chi connectivity index (χ1n) is 26.3. The van der Waals surface area contributed by atoms with Crippen molar-refractivity contribution in [3.8, 4) is 0 Å². The third-order valence-corrected chi connectivity index (χ3v) is 12.3. The zero-order chi connectivity index (χ0) is 47.1. The number of nitrogens with zero attached hydrogens (tertiary/aromatic N) is 1. The quantitative estimate of drug-likeness (QED) is 0.0195. The molecule has 374 valence electrons. The lowest BCUT2D eigenvalue weighted by molar-refractivity contribution is -0.870. The molecule has 0 saturated carbocycles. The van der Waals surface area contributed by atoms with Gasteiger partial charge in [-0.15, -0.1) is 0 Å². The molecule has 0 bridgehead atoms. The Kier molecular flexibility index (Phi) is 44.6. The van der Waals surface area contributed by atoms with Gasteiger partial charge in [0.05, 0.1) is 27.7 Å². The molecule has 0 aliphatic heterocycles. The highest BCUT2D eigenvalue weighted by atomic mass is 31.2. The van der Waals surface area contributed by atoms with Crippen LogP contribution in [-0.2, 0) is 32.7 Å². The van der Waals surface area contributed by atoms with E-state index in [1.165, 1.54) is 141 Å². The number of phosphoric ester groups is 1. The Morgan fingerprint density at radius 2 is 0.859 bits per heavy atom. The molecular formula is C54H100NO8P. The van der Waals surface area contributed by atoms with Crippen LogP contribution in [0.5, 0.6) is 0 Å². The van der Waals surface area contributed by atoms with Gasteiger partial charge in [-0.05, 0) is 70.6 Å². The summed E-state index contributed by atoms with van der Waals surface area (Å²) in [4.78, 5) is 37.7. The minimum absolute atomic E-state index is 0.0399. The first kappa shape index (κ1) is 62.0. The summed E-state index contributed by atoms with van der Waals surface area (Å²) in [6.45, 7) is 4.17. The number of likely N-dealkylation sites (N-methyl/N-ethyl adjacent to an activating group) is 1. The molecule has 64 heavy (non-hydrogen) atoms. The maximum atomic E-state index is 12.7. The van der Waals surface area contributed by atoms with E-state index in [1.54, 1.807) is 0 Å². The van der Waals surface area contributed by atoms with Crippen molar-refractivity contribution in [2.45, 2.75) is 238 Å². The minimum Gasteiger partial charge on any atom is -0.756 e. The predicted octanol–water partition coefficient (Wildman–Crippen LogP) is 15.2. The molecule has 0 aliphatic rings. The molecule has 0 radical (unpaired) electrons. The molecule has 0 amide bonds. The highest BCUT2D eigenvalue weighted by Crippen LogP contribution is 2.38. The molecule has 0 rings (SSSR count). The van der Waals surface area contributed by atoms with Crippen molar-refractivity contribution in [2.75, 3.05) is 47.5 Å². The van der Waals surface area contributed by atoms with Gasteiger partial charge in [0.1, 0.15) is 19.8 Å². The van der Waals surface area contributed by atoms with Crippen molar-refractivity contribution in [2.24, 2.45) is 0 Å². The third kappa shape index (κ3) is 49.4. The topological polar surface area (TPSA) is 111 Å². The van der Waals surface area contributed by atoms with Gasteiger partial charge in [-0.3, -0.25) is 14.2 Å². The third-order valence-electron chi connectivity index (χ3n) is 11.3. The monoisotopic (exact) mass is 922 g/mol. The van der Waals surface area contributed by atoms with Crippen LogP contribution >= 0.6 is 7.82 Å². The first-order chi connectivity index (χ1) is 31.0. The van der Waals surface area contributed by atoms with Crippen molar-refractivity contribution in [3.63, 3.8) is 0 Å². The lowest BCUT2D eigenvalue weighted by atomic mass is 10.0. The fourth-order valence-electron chi connectivity index (χ4n) is 7.20. The largest absolute Gasteiger partial charge is 0.756 e. The zero-order valence-corrected chi connectivity index (χ0v) is 43.1. The van der Waals surface area contributed by atoms with E-state index in [2.05, 4.69) is 62.5 Å². The summed E-state index contributed by atoms with van der Waals surface area (Å²) in [5, 5.41) is 0. The molecule has 0 N–H and O–H groups in total. The molecule has 0 fully saturated rings. The summed E-state index contributed by atoms with van der Waals surface area (Å²) in [5.74, 6) is -0.892. The lowest BCUT2D eigenvalue weighted by Gasteiger charge is -2.28. The number of esters is 2. The van der Waals surface area contributed by atoms with Crippen LogP contribution in [0.4, 0.5) is 0 Å². The standard InChI is InChI=1S/C54H100NO8P/c1-6-8-10-12-14-16-18-20-22-24-25-26-27-28-29-31-33-35-37-39-41-43-45-47-54(57)63-52(51-62-64(58,59)61-49-48-55(3,4)5)50-60-53(56)46-44-42-40-38-36-34-32-30-23-21-19-17-15-13-11-9-7-2/h15,17,21,23,32,34,39,41,52H,6-14,16,18-20,22,24-31,33,35-38,40,42-51H2,1-5H3/b17-15+,23-21+,34-32+,41-39+/t52-/m1/s1. The number of allylic oxidation sites excluding steroid dienone is 8. The molecule has 0 spiro atoms. The Morgan fingerprint density at radius 1 is 0.484 bits per heavy atom. The van der Waals surface area contributed by atoms with Crippen molar-refractivity contribution in [3.05, 3.63) is 48.6 Å². The Hall–Kier alpha value is -2.03. The number of rotatable bonds is 48. The Labute approximate surface area is 394 Å². The second-order valence-electron chi connectivity index (χ2n) is 18.9. The number of unbranched alkanes of at least 4 members (excludes halogenated alkanes) is 26. The van der Waals surface area contributed by atoms with Crippen molar-refractivity contribution < 1.29 is 42.1 Å². The summed E-state index contributed by atoms with van der Waals surface area (Å²) in [6, 6.07) is 0. The molecule has 0 aromatic carbocycles. The summed E-state index contributed by atoms with van der Waals surface area (Å²) >= 11 is 0. The molecule has 0 aliphatic carbocycles. The van der Waals surface area contributed by atoms with Crippen LogP contribution in [0.3, 0.4) is 0 Å². The summed E-state index contributed by atoms with van der Waals surface area (Å²) in [6.07, 6.45) is 55.9. The second kappa shape index (κ2) is 46.1. The molecule has 0 saturated heterocycles. The van der Waals surface area contributed by atoms with Gasteiger partial charge in [0.15, 0.2) is 6.10 Å². The van der Waals surface area contributed by atoms with E-state index >= 15 is 0 Å². The van der Waals surface area contributed by atoms with E-state index in [4.69, 9.17) is 18.5 Å². The second-order valence-corrected chi connectivity index (χ2v) is 20.3. The maximum Gasteiger partial charge on any atom is 0.306 e. The van der Waals surface area contributed by atoms with Crippen molar-refractivity contribution in [1.29, 1.82) is 0 Å². The van der Waals surface area contributed by atoms with Crippen molar-refractivity contribution >= 4 is 19.8 Å². The molecule has 0 aromatic heterocycles. The number of hydrogen-bond acceptors (Lipinski definition) is 8. The van der Waals surface area contributed by atoms with E-state index in [0.29, 0.717) is 23.9 Å². The van der Waals surface area contributed by atoms with Gasteiger partial charge in [-0.25, -0.2) is 0 Å². The highest BCUT2D eigenvalue weighted by molar-refractivity contribution is 7.45. The molecular weight excluding hydrogens is 822 g/mol. The first-order valence-corrected chi connectivity index (χ1v) is 27.8. The number of phosphoric acid groups is 1. The Morgan fingerprint density at radius 3 is 1.34 bits per heavy atom. The number of ether oxygens (including phenoxy) is 2. The molecule has 1 unspecified atom stereocenters. The van der Waals surface area contributed by atoms with Crippen LogP contribution in [0.2, 0.25) is 0 Å². The predicted molar refractivity (Wildman–Crippen MR) is 268 cm³/mol. The average Bonchev–Trinajstić information content (AvgIpc) is 3.25. The molecule has 10 heteroatoms. The highest BCUT2D eigenvalue weighted by Gasteiger charge is 2.21. The summed E-state index contributed by atoms with van der Waals surface area (Å²) in [7, 11) is 1.14. The van der Waals surface area contributed by atoms with E-state index in [9.17, 15) is 19.0 Å². The fraction of sp³-hybridized carbons (Fsp3) is 0.815. The van der Waals surface area contributed by atoms with Gasteiger partial charge in [-0.2, -0.15) is 0 Å². The number of hydrogen-bond donors (Lipinski definition) is 0. The zero-order valence-electron chi connectivity index (χ0n) is 42.2. The van der Waals surface area contributed by atoms with Gasteiger partial charge in [0, 0.05) is 12.8 Å². The number of carbonyl (C=O) groups excluding carboxylic acids is 2. The SMILES string of the molecule is CCCCC/C=C/C/C=C/C/C=C/CCCCCCC(=O)OC[C@H](COP(=O)([O-])OCC[N+](C)(C)C)OC(=O)CCC/C=C/CCCCCCCCCCCCCCCCCCCC. The Balaban J connectivity index is 4.28. The van der Waals surface area contributed by atoms with Gasteiger partial charge in [-0.1, -0.05) is 197 Å². The average molecular weight is 922 g/mol. The van der Waals surface area contributed by atoms with Crippen LogP contribution in [0, 0.1) is 0 Å². The van der Waals surface area contributed by atoms with Crippen LogP contribution in [0.25, 0.3) is 0 Å². The summed E-state index contributed by atoms with van der Waals surface area (Å²) < 4.78 is 34.0. The molecule has 0 heterocycles. The molecule has 9 nitrogen and oxygen atoms in total. The van der Waals surface area contributed by atoms with E-state index in [0.717, 1.165) is 51.4 Å². The van der Waals surface area contributed by atoms with E-state index < -0.39 is 32.5 Å². The van der Waals surface area contributed by atoms with Crippen LogP contribution in [-0.4, -0.2) is 70.0 Å².